The Balaban J connectivity index is 1.60. The van der Waals surface area contributed by atoms with Gasteiger partial charge in [-0.2, -0.15) is 5.10 Å². The van der Waals surface area contributed by atoms with Gasteiger partial charge < -0.3 is 14.8 Å². The lowest BCUT2D eigenvalue weighted by Gasteiger charge is -2.08. The van der Waals surface area contributed by atoms with E-state index in [0.717, 1.165) is 28.1 Å². The molecule has 0 saturated heterocycles. The van der Waals surface area contributed by atoms with E-state index in [2.05, 4.69) is 36.7 Å². The monoisotopic (exact) mass is 448 g/mol. The van der Waals surface area contributed by atoms with Crippen LogP contribution < -0.4 is 5.32 Å². The molecular formula is C28H24N4O2. The number of aliphatic hydroxyl groups excluding tert-OH is 1. The highest BCUT2D eigenvalue weighted by atomic mass is 16.3. The number of furan rings is 1. The van der Waals surface area contributed by atoms with E-state index in [1.165, 1.54) is 5.56 Å². The normalized spacial score (nSPS) is 13.1. The summed E-state index contributed by atoms with van der Waals surface area (Å²) in [5, 5.41) is 17.4. The fraction of sp³-hybridized carbons (Fsp3) is 0.107. The Morgan fingerprint density at radius 2 is 2.06 bits per heavy atom. The van der Waals surface area contributed by atoms with Gasteiger partial charge in [0.25, 0.3) is 0 Å². The lowest BCUT2D eigenvalue weighted by molar-refractivity contribution is 0.311. The molecule has 34 heavy (non-hydrogen) atoms. The fourth-order valence-electron chi connectivity index (χ4n) is 3.91. The molecule has 4 aromatic rings. The van der Waals surface area contributed by atoms with Gasteiger partial charge in [0.15, 0.2) is 11.4 Å². The lowest BCUT2D eigenvalue weighted by atomic mass is 10.0. The highest BCUT2D eigenvalue weighted by molar-refractivity contribution is 5.92. The number of anilines is 1. The van der Waals surface area contributed by atoms with Crippen LogP contribution in [0.5, 0.6) is 0 Å². The molecule has 3 aromatic heterocycles. The Morgan fingerprint density at radius 3 is 2.88 bits per heavy atom. The number of aromatic nitrogens is 3. The Labute approximate surface area is 197 Å². The van der Waals surface area contributed by atoms with Crippen molar-refractivity contribution >= 4 is 22.4 Å². The number of nitrogens with one attached hydrogen (secondary N) is 1. The zero-order valence-corrected chi connectivity index (χ0v) is 18.8. The van der Waals surface area contributed by atoms with E-state index >= 15 is 0 Å². The highest BCUT2D eigenvalue weighted by Crippen LogP contribution is 2.34. The molecule has 5 rings (SSSR count). The number of aliphatic hydroxyl groups is 1. The predicted molar refractivity (Wildman–Crippen MR) is 136 cm³/mol. The summed E-state index contributed by atoms with van der Waals surface area (Å²) in [6, 6.07) is 14.0. The van der Waals surface area contributed by atoms with Gasteiger partial charge in [-0.3, -0.25) is 0 Å². The molecule has 0 spiro atoms. The molecule has 1 aromatic carbocycles. The van der Waals surface area contributed by atoms with Crippen LogP contribution in [0.2, 0.25) is 0 Å². The number of pyridine rings is 1. The number of aryl methyl sites for hydroxylation is 1. The molecule has 0 aliphatic heterocycles. The number of hydrogen-bond acceptors (Lipinski definition) is 5. The summed E-state index contributed by atoms with van der Waals surface area (Å²) >= 11 is 0. The van der Waals surface area contributed by atoms with Gasteiger partial charge in [-0.15, -0.1) is 5.73 Å². The molecule has 0 bridgehead atoms. The fourth-order valence-corrected chi connectivity index (χ4v) is 3.91. The second-order valence-electron chi connectivity index (χ2n) is 7.93. The molecule has 1 aliphatic rings. The van der Waals surface area contributed by atoms with Gasteiger partial charge >= 0.3 is 0 Å². The standard InChI is InChI=1S/C28H24N4O2/c1-3-20-9-5-4-6-11-22(20)26-17-25-28(34-26)24(29-13-15-33)18-27(30-25)32-14-12-23(31-32)21-10-7-8-19(2)16-21/h4-12,14,16-18,33H,1,13,15H2,2H3,(H,29,30). The first-order valence-corrected chi connectivity index (χ1v) is 11.0. The first kappa shape index (κ1) is 21.5. The van der Waals surface area contributed by atoms with Crippen molar-refractivity contribution in [2.24, 2.45) is 0 Å². The Morgan fingerprint density at radius 1 is 1.15 bits per heavy atom. The van der Waals surface area contributed by atoms with Gasteiger partial charge in [-0.05, 0) is 31.2 Å². The summed E-state index contributed by atoms with van der Waals surface area (Å²) in [5.41, 5.74) is 9.80. The van der Waals surface area contributed by atoms with Crippen LogP contribution in [-0.2, 0) is 0 Å². The molecule has 0 atom stereocenters. The van der Waals surface area contributed by atoms with Crippen molar-refractivity contribution < 1.29 is 9.52 Å². The van der Waals surface area contributed by atoms with Crippen molar-refractivity contribution in [2.45, 2.75) is 6.92 Å². The van der Waals surface area contributed by atoms with Crippen LogP contribution in [0.4, 0.5) is 5.69 Å². The second kappa shape index (κ2) is 9.24. The molecule has 6 heteroatoms. The molecule has 0 unspecified atom stereocenters. The molecule has 6 nitrogen and oxygen atoms in total. The van der Waals surface area contributed by atoms with Crippen LogP contribution in [0.25, 0.3) is 33.7 Å². The second-order valence-corrected chi connectivity index (χ2v) is 7.93. The minimum atomic E-state index is -0.00389. The smallest absolute Gasteiger partial charge is 0.176 e. The molecule has 0 saturated carbocycles. The molecule has 1 aliphatic carbocycles. The molecular weight excluding hydrogens is 424 g/mol. The van der Waals surface area contributed by atoms with E-state index in [9.17, 15) is 5.11 Å². The van der Waals surface area contributed by atoms with Gasteiger partial charge in [0.2, 0.25) is 0 Å². The van der Waals surface area contributed by atoms with E-state index < -0.39 is 0 Å². The summed E-state index contributed by atoms with van der Waals surface area (Å²) < 4.78 is 7.99. The number of hydrogen-bond donors (Lipinski definition) is 2. The SMILES string of the molecule is C=C=C1C=CC=CC=C1c1cc2nc(-n3ccc(-c4cccc(C)c4)n3)cc(NCCO)c2o1. The van der Waals surface area contributed by atoms with Crippen molar-refractivity contribution in [3.8, 4) is 17.1 Å². The average molecular weight is 449 g/mol. The van der Waals surface area contributed by atoms with Crippen molar-refractivity contribution in [3.63, 3.8) is 0 Å². The summed E-state index contributed by atoms with van der Waals surface area (Å²) in [6.07, 6.45) is 11.6. The predicted octanol–water partition coefficient (Wildman–Crippen LogP) is 5.61. The van der Waals surface area contributed by atoms with E-state index in [1.54, 1.807) is 4.68 Å². The van der Waals surface area contributed by atoms with Crippen molar-refractivity contribution in [3.05, 3.63) is 108 Å². The van der Waals surface area contributed by atoms with Gasteiger partial charge in [0, 0.05) is 41.6 Å². The topological polar surface area (TPSA) is 76.1 Å². The largest absolute Gasteiger partial charge is 0.452 e. The summed E-state index contributed by atoms with van der Waals surface area (Å²) in [7, 11) is 0. The van der Waals surface area contributed by atoms with E-state index in [1.807, 2.05) is 66.9 Å². The third-order valence-corrected chi connectivity index (χ3v) is 5.52. The van der Waals surface area contributed by atoms with E-state index in [-0.39, 0.29) is 6.61 Å². The maximum atomic E-state index is 9.38. The number of benzene rings is 1. The summed E-state index contributed by atoms with van der Waals surface area (Å²) in [4.78, 5) is 4.82. The van der Waals surface area contributed by atoms with Crippen LogP contribution in [-0.4, -0.2) is 33.0 Å². The molecule has 0 radical (unpaired) electrons. The van der Waals surface area contributed by atoms with Crippen LogP contribution in [0.1, 0.15) is 11.3 Å². The highest BCUT2D eigenvalue weighted by Gasteiger charge is 2.17. The van der Waals surface area contributed by atoms with Gasteiger partial charge in [-0.1, -0.05) is 48.6 Å². The molecule has 0 fully saturated rings. The van der Waals surface area contributed by atoms with Crippen LogP contribution in [0.3, 0.4) is 0 Å². The Bertz CT molecular complexity index is 1510. The van der Waals surface area contributed by atoms with Crippen LogP contribution in [0, 0.1) is 6.92 Å². The quantitative estimate of drug-likeness (QED) is 0.375. The van der Waals surface area contributed by atoms with E-state index in [4.69, 9.17) is 14.5 Å². The van der Waals surface area contributed by atoms with Crippen molar-refractivity contribution in [1.82, 2.24) is 14.8 Å². The van der Waals surface area contributed by atoms with Crippen LogP contribution >= 0.6 is 0 Å². The van der Waals surface area contributed by atoms with E-state index in [0.29, 0.717) is 29.2 Å². The minimum absolute atomic E-state index is 0.00389. The number of rotatable bonds is 6. The van der Waals surface area contributed by atoms with Gasteiger partial charge in [0.05, 0.1) is 18.0 Å². The Kier molecular flexibility index (Phi) is 5.83. The molecule has 3 heterocycles. The van der Waals surface area contributed by atoms with Gasteiger partial charge in [0.1, 0.15) is 11.3 Å². The maximum Gasteiger partial charge on any atom is 0.176 e. The maximum absolute atomic E-state index is 9.38. The average Bonchev–Trinajstić information content (AvgIpc) is 3.44. The number of fused-ring (bicyclic) bond motifs is 1. The third kappa shape index (κ3) is 4.16. The zero-order valence-electron chi connectivity index (χ0n) is 18.8. The lowest BCUT2D eigenvalue weighted by Crippen LogP contribution is -2.07. The number of allylic oxidation sites excluding steroid dienone is 7. The van der Waals surface area contributed by atoms with Gasteiger partial charge in [-0.25, -0.2) is 9.67 Å². The first-order valence-electron chi connectivity index (χ1n) is 11.0. The summed E-state index contributed by atoms with van der Waals surface area (Å²) in [5.74, 6) is 1.31. The molecule has 168 valence electrons. The molecule has 2 N–H and O–H groups in total. The third-order valence-electron chi connectivity index (χ3n) is 5.52. The minimum Gasteiger partial charge on any atom is -0.452 e. The zero-order chi connectivity index (χ0) is 23.5. The number of nitrogens with zero attached hydrogens (tertiary/aromatic N) is 3. The van der Waals surface area contributed by atoms with Crippen molar-refractivity contribution in [1.29, 1.82) is 0 Å². The first-order chi connectivity index (χ1) is 16.7. The van der Waals surface area contributed by atoms with Crippen molar-refractivity contribution in [2.75, 3.05) is 18.5 Å². The van der Waals surface area contributed by atoms with Crippen LogP contribution in [0.15, 0.2) is 101 Å². The molecule has 0 amide bonds. The Hall–Kier alpha value is -4.38. The summed E-state index contributed by atoms with van der Waals surface area (Å²) in [6.45, 7) is 6.25.